The third kappa shape index (κ3) is 6.05. The van der Waals surface area contributed by atoms with E-state index in [1.807, 2.05) is 7.05 Å². The van der Waals surface area contributed by atoms with Gasteiger partial charge in [-0.3, -0.25) is 9.59 Å². The van der Waals surface area contributed by atoms with Crippen molar-refractivity contribution in [3.05, 3.63) is 34.9 Å². The molecule has 1 aromatic rings. The Morgan fingerprint density at radius 1 is 1.22 bits per heavy atom. The number of primary amides is 1. The highest BCUT2D eigenvalue weighted by Gasteiger charge is 2.34. The van der Waals surface area contributed by atoms with Gasteiger partial charge in [-0.25, -0.2) is 0 Å². The van der Waals surface area contributed by atoms with E-state index in [-0.39, 0.29) is 11.8 Å². The van der Waals surface area contributed by atoms with Crippen molar-refractivity contribution in [3.8, 4) is 0 Å². The number of nitrogens with two attached hydrogens (primary N) is 1. The summed E-state index contributed by atoms with van der Waals surface area (Å²) in [4.78, 5) is 26.6. The van der Waals surface area contributed by atoms with E-state index in [9.17, 15) is 9.59 Å². The summed E-state index contributed by atoms with van der Waals surface area (Å²) in [6, 6.07) is 4.98. The molecule has 2 amide bonds. The monoisotopic (exact) mass is 375 g/mol. The van der Waals surface area contributed by atoms with E-state index in [1.165, 1.54) is 0 Å². The normalized spacial score (nSPS) is 17.3. The summed E-state index contributed by atoms with van der Waals surface area (Å²) in [5.41, 5.74) is 6.76. The van der Waals surface area contributed by atoms with Crippen LogP contribution in [0.15, 0.2) is 18.2 Å². The van der Waals surface area contributed by atoms with Crippen molar-refractivity contribution >= 4 is 18.9 Å². The van der Waals surface area contributed by atoms with Crippen LogP contribution < -0.4 is 11.1 Å². The SMILES string of the molecule is Cc1c(C(N)=O)cccc1C(=O)N[C@@H](CC(C)C)B1OCCN(C)CCO1. The molecule has 0 aliphatic carbocycles. The van der Waals surface area contributed by atoms with Crippen molar-refractivity contribution in [1.82, 2.24) is 10.2 Å². The molecule has 27 heavy (non-hydrogen) atoms. The first-order chi connectivity index (χ1) is 12.8. The van der Waals surface area contributed by atoms with Gasteiger partial charge < -0.3 is 25.3 Å². The van der Waals surface area contributed by atoms with Gasteiger partial charge in [0.2, 0.25) is 5.91 Å². The van der Waals surface area contributed by atoms with Gasteiger partial charge in [-0.1, -0.05) is 19.9 Å². The first-order valence-electron chi connectivity index (χ1n) is 9.41. The second-order valence-electron chi connectivity index (χ2n) is 7.47. The number of hydrogen-bond donors (Lipinski definition) is 2. The minimum atomic E-state index is -0.545. The fourth-order valence-electron chi connectivity index (χ4n) is 3.18. The first-order valence-corrected chi connectivity index (χ1v) is 9.41. The van der Waals surface area contributed by atoms with Crippen LogP contribution in [0.4, 0.5) is 0 Å². The first kappa shape index (κ1) is 21.4. The van der Waals surface area contributed by atoms with E-state index in [0.717, 1.165) is 19.5 Å². The van der Waals surface area contributed by atoms with Crippen LogP contribution in [-0.2, 0) is 9.31 Å². The molecule has 1 saturated heterocycles. The molecule has 1 aliphatic rings. The number of carbonyl (C=O) groups is 2. The fourth-order valence-corrected chi connectivity index (χ4v) is 3.18. The van der Waals surface area contributed by atoms with Crippen molar-refractivity contribution in [1.29, 1.82) is 0 Å². The average molecular weight is 375 g/mol. The largest absolute Gasteiger partial charge is 0.480 e. The fraction of sp³-hybridized carbons (Fsp3) is 0.579. The minimum absolute atomic E-state index is 0.257. The predicted molar refractivity (Wildman–Crippen MR) is 106 cm³/mol. The Labute approximate surface area is 161 Å². The zero-order valence-electron chi connectivity index (χ0n) is 16.7. The molecular weight excluding hydrogens is 345 g/mol. The Morgan fingerprint density at radius 3 is 2.37 bits per heavy atom. The van der Waals surface area contributed by atoms with Gasteiger partial charge in [0.15, 0.2) is 0 Å². The smallest absolute Gasteiger partial charge is 0.408 e. The van der Waals surface area contributed by atoms with Gasteiger partial charge in [0.05, 0.1) is 5.94 Å². The van der Waals surface area contributed by atoms with E-state index in [4.69, 9.17) is 15.0 Å². The number of nitrogens with one attached hydrogen (secondary N) is 1. The molecule has 1 heterocycles. The molecule has 0 spiro atoms. The summed E-state index contributed by atoms with van der Waals surface area (Å²) in [6.07, 6.45) is 0.723. The van der Waals surface area contributed by atoms with Gasteiger partial charge in [0, 0.05) is 37.4 Å². The van der Waals surface area contributed by atoms with Crippen LogP contribution >= 0.6 is 0 Å². The Kier molecular flexibility index (Phi) is 7.83. The van der Waals surface area contributed by atoms with Crippen molar-refractivity contribution in [3.63, 3.8) is 0 Å². The van der Waals surface area contributed by atoms with Crippen LogP contribution in [0.1, 0.15) is 46.5 Å². The second kappa shape index (κ2) is 9.87. The van der Waals surface area contributed by atoms with Gasteiger partial charge in [0.25, 0.3) is 5.91 Å². The maximum atomic E-state index is 12.9. The second-order valence-corrected chi connectivity index (χ2v) is 7.47. The number of benzene rings is 1. The molecule has 1 aliphatic heterocycles. The summed E-state index contributed by atoms with van der Waals surface area (Å²) in [5.74, 6) is -0.726. The molecular formula is C19H30BN3O4. The molecule has 0 aromatic heterocycles. The number of carbonyl (C=O) groups excluding carboxylic acids is 2. The maximum absolute atomic E-state index is 12.9. The lowest BCUT2D eigenvalue weighted by atomic mass is 9.73. The average Bonchev–Trinajstić information content (AvgIpc) is 2.56. The highest BCUT2D eigenvalue weighted by molar-refractivity contribution is 6.47. The Hall–Kier alpha value is -1.90. The van der Waals surface area contributed by atoms with E-state index in [0.29, 0.717) is 35.8 Å². The Morgan fingerprint density at radius 2 is 1.81 bits per heavy atom. The number of nitrogens with zero attached hydrogens (tertiary/aromatic N) is 1. The van der Waals surface area contributed by atoms with Crippen molar-refractivity contribution in [2.45, 2.75) is 33.1 Å². The number of amides is 2. The van der Waals surface area contributed by atoms with Crippen LogP contribution in [0.5, 0.6) is 0 Å². The Bertz CT molecular complexity index is 658. The molecule has 1 atom stereocenters. The molecule has 148 valence electrons. The molecule has 2 rings (SSSR count). The van der Waals surface area contributed by atoms with Gasteiger partial charge in [-0.05, 0) is 44.0 Å². The summed E-state index contributed by atoms with van der Waals surface area (Å²) < 4.78 is 11.8. The van der Waals surface area contributed by atoms with E-state index in [1.54, 1.807) is 25.1 Å². The van der Waals surface area contributed by atoms with E-state index in [2.05, 4.69) is 24.1 Å². The van der Waals surface area contributed by atoms with Crippen LogP contribution in [0, 0.1) is 12.8 Å². The predicted octanol–water partition coefficient (Wildman–Crippen LogP) is 1.24. The molecule has 1 aromatic carbocycles. The highest BCUT2D eigenvalue weighted by atomic mass is 16.6. The summed E-state index contributed by atoms with van der Waals surface area (Å²) in [6.45, 7) is 8.64. The number of hydrogen-bond acceptors (Lipinski definition) is 5. The van der Waals surface area contributed by atoms with Gasteiger partial charge in [-0.15, -0.1) is 0 Å². The third-order valence-corrected chi connectivity index (χ3v) is 4.72. The van der Waals surface area contributed by atoms with Gasteiger partial charge in [-0.2, -0.15) is 0 Å². The molecule has 0 bridgehead atoms. The quantitative estimate of drug-likeness (QED) is 0.730. The van der Waals surface area contributed by atoms with Crippen LogP contribution in [0.2, 0.25) is 0 Å². The summed E-state index contributed by atoms with van der Waals surface area (Å²) in [5, 5.41) is 3.05. The molecule has 7 nitrogen and oxygen atoms in total. The van der Waals surface area contributed by atoms with E-state index < -0.39 is 13.0 Å². The van der Waals surface area contributed by atoms with Crippen LogP contribution in [-0.4, -0.2) is 63.1 Å². The highest BCUT2D eigenvalue weighted by Crippen LogP contribution is 2.16. The number of rotatable bonds is 6. The van der Waals surface area contributed by atoms with Crippen molar-refractivity contribution < 1.29 is 18.9 Å². The van der Waals surface area contributed by atoms with Gasteiger partial charge >= 0.3 is 7.12 Å². The van der Waals surface area contributed by atoms with Gasteiger partial charge in [0.1, 0.15) is 0 Å². The maximum Gasteiger partial charge on any atom is 0.480 e. The molecule has 3 N–H and O–H groups in total. The molecule has 0 saturated carbocycles. The standard InChI is InChI=1S/C19H30BN3O4/c1-13(2)12-17(20-26-10-8-23(4)9-11-27-20)22-19(25)16-7-5-6-15(14(16)3)18(21)24/h5-7,13,17H,8-12H2,1-4H3,(H2,21,24)(H,22,25)/t17-/m0/s1. The molecule has 0 unspecified atom stereocenters. The minimum Gasteiger partial charge on any atom is -0.408 e. The lowest BCUT2D eigenvalue weighted by molar-refractivity contribution is 0.0900. The summed E-state index contributed by atoms with van der Waals surface area (Å²) >= 11 is 0. The number of likely N-dealkylation sites (N-methyl/N-ethyl adjacent to an activating group) is 1. The molecule has 0 radical (unpaired) electrons. The van der Waals surface area contributed by atoms with Crippen LogP contribution in [0.3, 0.4) is 0 Å². The zero-order chi connectivity index (χ0) is 20.0. The zero-order valence-corrected chi connectivity index (χ0v) is 16.7. The van der Waals surface area contributed by atoms with Crippen molar-refractivity contribution in [2.75, 3.05) is 33.4 Å². The lowest BCUT2D eigenvalue weighted by Crippen LogP contribution is -2.52. The van der Waals surface area contributed by atoms with Crippen LogP contribution in [0.25, 0.3) is 0 Å². The lowest BCUT2D eigenvalue weighted by Gasteiger charge is -2.30. The topological polar surface area (TPSA) is 93.9 Å². The molecule has 1 fully saturated rings. The molecule has 8 heteroatoms. The third-order valence-electron chi connectivity index (χ3n) is 4.72. The Balaban J connectivity index is 2.16. The summed E-state index contributed by atoms with van der Waals surface area (Å²) in [7, 11) is 1.53. The van der Waals surface area contributed by atoms with E-state index >= 15 is 0 Å². The van der Waals surface area contributed by atoms with Crippen molar-refractivity contribution in [2.24, 2.45) is 11.7 Å².